The van der Waals surface area contributed by atoms with Crippen LogP contribution in [0.5, 0.6) is 5.75 Å². The van der Waals surface area contributed by atoms with Crippen LogP contribution >= 0.6 is 0 Å². The summed E-state index contributed by atoms with van der Waals surface area (Å²) in [5, 5.41) is 2.92. The summed E-state index contributed by atoms with van der Waals surface area (Å²) in [4.78, 5) is 17.3. The number of amides is 1. The standard InChI is InChI=1S/C23H21N3O2/c1-17-11-13-19(14-12-17)28-16-22-25-20-9-5-6-10-21(20)26(22)15-23(27)24-18-7-3-2-4-8-18/h2-14H,15-16H2,1H3,(H,24,27). The zero-order valence-electron chi connectivity index (χ0n) is 15.6. The lowest BCUT2D eigenvalue weighted by Crippen LogP contribution is -2.20. The number of aromatic nitrogens is 2. The summed E-state index contributed by atoms with van der Waals surface area (Å²) in [6.07, 6.45) is 0. The Morgan fingerprint density at radius 3 is 2.46 bits per heavy atom. The molecule has 0 fully saturated rings. The monoisotopic (exact) mass is 371 g/mol. The minimum absolute atomic E-state index is 0.106. The number of para-hydroxylation sites is 3. The van der Waals surface area contributed by atoms with Crippen LogP contribution in [0, 0.1) is 6.92 Å². The molecule has 140 valence electrons. The number of hydrogen-bond donors (Lipinski definition) is 1. The maximum absolute atomic E-state index is 12.6. The third kappa shape index (κ3) is 4.04. The van der Waals surface area contributed by atoms with Crippen molar-refractivity contribution in [1.82, 2.24) is 9.55 Å². The zero-order valence-corrected chi connectivity index (χ0v) is 15.6. The van der Waals surface area contributed by atoms with Crippen molar-refractivity contribution in [2.24, 2.45) is 0 Å². The van der Waals surface area contributed by atoms with Crippen molar-refractivity contribution >= 4 is 22.6 Å². The van der Waals surface area contributed by atoms with Gasteiger partial charge in [0.05, 0.1) is 11.0 Å². The van der Waals surface area contributed by atoms with Crippen molar-refractivity contribution in [1.29, 1.82) is 0 Å². The largest absolute Gasteiger partial charge is 0.486 e. The van der Waals surface area contributed by atoms with E-state index in [1.807, 2.05) is 90.4 Å². The average Bonchev–Trinajstić information content (AvgIpc) is 3.06. The summed E-state index contributed by atoms with van der Waals surface area (Å²) in [7, 11) is 0. The molecular weight excluding hydrogens is 350 g/mol. The second-order valence-corrected chi connectivity index (χ2v) is 6.62. The number of rotatable bonds is 6. The predicted molar refractivity (Wildman–Crippen MR) is 110 cm³/mol. The molecule has 0 aliphatic rings. The Morgan fingerprint density at radius 2 is 1.68 bits per heavy atom. The number of anilines is 1. The fourth-order valence-electron chi connectivity index (χ4n) is 3.06. The average molecular weight is 371 g/mol. The Kier molecular flexibility index (Phi) is 5.06. The van der Waals surface area contributed by atoms with Crippen molar-refractivity contribution in [2.75, 3.05) is 5.32 Å². The smallest absolute Gasteiger partial charge is 0.244 e. The van der Waals surface area contributed by atoms with Crippen LogP contribution in [-0.4, -0.2) is 15.5 Å². The molecule has 4 rings (SSSR count). The third-order valence-corrected chi connectivity index (χ3v) is 4.48. The Morgan fingerprint density at radius 1 is 0.964 bits per heavy atom. The molecule has 0 bridgehead atoms. The van der Waals surface area contributed by atoms with Gasteiger partial charge in [-0.05, 0) is 43.3 Å². The van der Waals surface area contributed by atoms with Crippen LogP contribution in [0.4, 0.5) is 5.69 Å². The molecule has 1 aromatic heterocycles. The molecule has 5 heteroatoms. The number of nitrogens with zero attached hydrogens (tertiary/aromatic N) is 2. The van der Waals surface area contributed by atoms with Gasteiger partial charge >= 0.3 is 0 Å². The number of benzene rings is 3. The maximum Gasteiger partial charge on any atom is 0.244 e. The number of ether oxygens (including phenoxy) is 1. The minimum atomic E-state index is -0.106. The molecule has 1 heterocycles. The van der Waals surface area contributed by atoms with Crippen LogP contribution in [-0.2, 0) is 17.9 Å². The van der Waals surface area contributed by atoms with Gasteiger partial charge < -0.3 is 14.6 Å². The summed E-state index contributed by atoms with van der Waals surface area (Å²) >= 11 is 0. The third-order valence-electron chi connectivity index (χ3n) is 4.48. The fraction of sp³-hybridized carbons (Fsp3) is 0.130. The molecule has 0 atom stereocenters. The molecule has 3 aromatic carbocycles. The van der Waals surface area contributed by atoms with E-state index in [4.69, 9.17) is 4.74 Å². The quantitative estimate of drug-likeness (QED) is 0.540. The van der Waals surface area contributed by atoms with E-state index >= 15 is 0 Å². The Bertz CT molecular complexity index is 1090. The summed E-state index contributed by atoms with van der Waals surface area (Å²) in [5.74, 6) is 1.38. The lowest BCUT2D eigenvalue weighted by Gasteiger charge is -2.11. The van der Waals surface area contributed by atoms with E-state index in [9.17, 15) is 4.79 Å². The second kappa shape index (κ2) is 7.96. The maximum atomic E-state index is 12.6. The first-order valence-electron chi connectivity index (χ1n) is 9.17. The lowest BCUT2D eigenvalue weighted by atomic mass is 10.2. The van der Waals surface area contributed by atoms with Gasteiger partial charge in [0.2, 0.25) is 5.91 Å². The van der Waals surface area contributed by atoms with E-state index in [-0.39, 0.29) is 19.1 Å². The second-order valence-electron chi connectivity index (χ2n) is 6.62. The van der Waals surface area contributed by atoms with Crippen molar-refractivity contribution in [3.8, 4) is 5.75 Å². The lowest BCUT2D eigenvalue weighted by molar-refractivity contribution is -0.116. The first-order valence-corrected chi connectivity index (χ1v) is 9.17. The van der Waals surface area contributed by atoms with Crippen LogP contribution in [0.25, 0.3) is 11.0 Å². The first kappa shape index (κ1) is 17.8. The van der Waals surface area contributed by atoms with Crippen molar-refractivity contribution in [2.45, 2.75) is 20.1 Å². The van der Waals surface area contributed by atoms with E-state index in [0.29, 0.717) is 5.82 Å². The normalized spacial score (nSPS) is 10.8. The zero-order chi connectivity index (χ0) is 19.3. The van der Waals surface area contributed by atoms with E-state index in [1.54, 1.807) is 0 Å². The number of nitrogens with one attached hydrogen (secondary N) is 1. The van der Waals surface area contributed by atoms with Crippen LogP contribution in [0.15, 0.2) is 78.9 Å². The Balaban J connectivity index is 1.56. The van der Waals surface area contributed by atoms with Gasteiger partial charge in [0.25, 0.3) is 0 Å². The predicted octanol–water partition coefficient (Wildman–Crippen LogP) is 4.56. The summed E-state index contributed by atoms with van der Waals surface area (Å²) in [6, 6.07) is 25.1. The van der Waals surface area contributed by atoms with Crippen LogP contribution in [0.1, 0.15) is 11.4 Å². The molecule has 5 nitrogen and oxygen atoms in total. The van der Waals surface area contributed by atoms with Gasteiger partial charge in [0, 0.05) is 5.69 Å². The fourth-order valence-corrected chi connectivity index (χ4v) is 3.06. The van der Waals surface area contributed by atoms with Gasteiger partial charge in [0.1, 0.15) is 24.7 Å². The minimum Gasteiger partial charge on any atom is -0.486 e. The highest BCUT2D eigenvalue weighted by Crippen LogP contribution is 2.19. The van der Waals surface area contributed by atoms with Crippen LogP contribution in [0.3, 0.4) is 0 Å². The number of carbonyl (C=O) groups is 1. The van der Waals surface area contributed by atoms with Gasteiger partial charge in [-0.3, -0.25) is 4.79 Å². The molecule has 0 radical (unpaired) electrons. The van der Waals surface area contributed by atoms with Crippen molar-refractivity contribution in [3.05, 3.63) is 90.3 Å². The molecule has 28 heavy (non-hydrogen) atoms. The van der Waals surface area contributed by atoms with E-state index in [2.05, 4.69) is 10.3 Å². The van der Waals surface area contributed by atoms with Gasteiger partial charge in [0.15, 0.2) is 0 Å². The van der Waals surface area contributed by atoms with Crippen molar-refractivity contribution in [3.63, 3.8) is 0 Å². The molecule has 1 amide bonds. The highest BCUT2D eigenvalue weighted by atomic mass is 16.5. The van der Waals surface area contributed by atoms with E-state index in [1.165, 1.54) is 5.56 Å². The molecule has 1 N–H and O–H groups in total. The molecule has 4 aromatic rings. The summed E-state index contributed by atoms with van der Waals surface area (Å²) in [5.41, 5.74) is 3.71. The van der Waals surface area contributed by atoms with E-state index in [0.717, 1.165) is 22.5 Å². The Hall–Kier alpha value is -3.60. The number of hydrogen-bond acceptors (Lipinski definition) is 3. The molecule has 0 saturated heterocycles. The summed E-state index contributed by atoms with van der Waals surface area (Å²) in [6.45, 7) is 2.49. The molecule has 0 spiro atoms. The van der Waals surface area contributed by atoms with Crippen molar-refractivity contribution < 1.29 is 9.53 Å². The van der Waals surface area contributed by atoms with Gasteiger partial charge in [-0.1, -0.05) is 48.0 Å². The van der Waals surface area contributed by atoms with Crippen LogP contribution < -0.4 is 10.1 Å². The number of imidazole rings is 1. The molecule has 0 aliphatic carbocycles. The highest BCUT2D eigenvalue weighted by molar-refractivity contribution is 5.91. The topological polar surface area (TPSA) is 56.2 Å². The molecular formula is C23H21N3O2. The molecule has 0 saturated carbocycles. The molecule has 0 unspecified atom stereocenters. The first-order chi connectivity index (χ1) is 13.7. The number of carbonyl (C=O) groups excluding carboxylic acids is 1. The number of aryl methyl sites for hydroxylation is 1. The van der Waals surface area contributed by atoms with Gasteiger partial charge in [-0.25, -0.2) is 4.98 Å². The van der Waals surface area contributed by atoms with E-state index < -0.39 is 0 Å². The number of fused-ring (bicyclic) bond motifs is 1. The van der Waals surface area contributed by atoms with Crippen LogP contribution in [0.2, 0.25) is 0 Å². The summed E-state index contributed by atoms with van der Waals surface area (Å²) < 4.78 is 7.81. The SMILES string of the molecule is Cc1ccc(OCc2nc3ccccc3n2CC(=O)Nc2ccccc2)cc1. The van der Waals surface area contributed by atoms with Gasteiger partial charge in [-0.2, -0.15) is 0 Å². The van der Waals surface area contributed by atoms with Gasteiger partial charge in [-0.15, -0.1) is 0 Å². The molecule has 0 aliphatic heterocycles. The Labute approximate surface area is 163 Å². The highest BCUT2D eigenvalue weighted by Gasteiger charge is 2.14.